The van der Waals surface area contributed by atoms with E-state index in [2.05, 4.69) is 0 Å². The van der Waals surface area contributed by atoms with Crippen LogP contribution in [0.5, 0.6) is 5.75 Å². The Morgan fingerprint density at radius 3 is 2.24 bits per heavy atom. The number of aliphatic carboxylic acids is 1. The highest BCUT2D eigenvalue weighted by atomic mass is 16.4. The first kappa shape index (κ1) is 13.6. The Morgan fingerprint density at radius 1 is 1.29 bits per heavy atom. The van der Waals surface area contributed by atoms with Gasteiger partial charge in [-0.05, 0) is 42.0 Å². The number of aromatic hydroxyl groups is 1. The molecule has 0 aromatic heterocycles. The van der Waals surface area contributed by atoms with Crippen LogP contribution in [0.15, 0.2) is 12.1 Å². The first-order valence-corrected chi connectivity index (χ1v) is 5.71. The van der Waals surface area contributed by atoms with Gasteiger partial charge in [0, 0.05) is 0 Å². The number of phenolic OH excluding ortho intramolecular Hbond substituents is 1. The van der Waals surface area contributed by atoms with E-state index in [1.54, 1.807) is 26.0 Å². The van der Waals surface area contributed by atoms with Crippen molar-refractivity contribution in [2.24, 2.45) is 0 Å². The van der Waals surface area contributed by atoms with E-state index in [4.69, 9.17) is 5.11 Å². The molecule has 0 fully saturated rings. The standard InChI is InChI=1S/C14H20O3/c1-8-6-10(9(2)13(16)17)11(7-12(8)15)14(3,4)5/h6-7,9,15H,1-5H3,(H,16,17). The van der Waals surface area contributed by atoms with Crippen LogP contribution in [0.3, 0.4) is 0 Å². The van der Waals surface area contributed by atoms with Crippen molar-refractivity contribution >= 4 is 5.97 Å². The second kappa shape index (κ2) is 4.40. The number of phenols is 1. The largest absolute Gasteiger partial charge is 0.508 e. The van der Waals surface area contributed by atoms with Crippen LogP contribution < -0.4 is 0 Å². The lowest BCUT2D eigenvalue weighted by atomic mass is 9.79. The monoisotopic (exact) mass is 236 g/mol. The smallest absolute Gasteiger partial charge is 0.310 e. The molecule has 0 aliphatic rings. The Morgan fingerprint density at radius 2 is 1.82 bits per heavy atom. The fourth-order valence-electron chi connectivity index (χ4n) is 1.86. The van der Waals surface area contributed by atoms with Gasteiger partial charge in [-0.3, -0.25) is 4.79 Å². The van der Waals surface area contributed by atoms with E-state index < -0.39 is 11.9 Å². The maximum atomic E-state index is 11.1. The van der Waals surface area contributed by atoms with E-state index in [-0.39, 0.29) is 11.2 Å². The molecule has 3 heteroatoms. The topological polar surface area (TPSA) is 57.5 Å². The first-order valence-electron chi connectivity index (χ1n) is 5.71. The number of hydrogen-bond donors (Lipinski definition) is 2. The van der Waals surface area contributed by atoms with Gasteiger partial charge in [0.05, 0.1) is 5.92 Å². The van der Waals surface area contributed by atoms with Crippen LogP contribution >= 0.6 is 0 Å². The van der Waals surface area contributed by atoms with Gasteiger partial charge in [0.2, 0.25) is 0 Å². The summed E-state index contributed by atoms with van der Waals surface area (Å²) < 4.78 is 0. The number of rotatable bonds is 2. The highest BCUT2D eigenvalue weighted by Gasteiger charge is 2.25. The molecule has 1 aromatic rings. The number of hydrogen-bond acceptors (Lipinski definition) is 2. The van der Waals surface area contributed by atoms with Gasteiger partial charge in [0.25, 0.3) is 0 Å². The summed E-state index contributed by atoms with van der Waals surface area (Å²) >= 11 is 0. The molecule has 0 radical (unpaired) electrons. The van der Waals surface area contributed by atoms with Gasteiger partial charge in [0.15, 0.2) is 0 Å². The molecule has 1 unspecified atom stereocenters. The summed E-state index contributed by atoms with van der Waals surface area (Å²) in [5.41, 5.74) is 2.18. The van der Waals surface area contributed by atoms with Crippen molar-refractivity contribution in [3.63, 3.8) is 0 Å². The maximum Gasteiger partial charge on any atom is 0.310 e. The number of benzene rings is 1. The summed E-state index contributed by atoms with van der Waals surface area (Å²) in [5.74, 6) is -1.19. The van der Waals surface area contributed by atoms with Gasteiger partial charge >= 0.3 is 5.97 Å². The Labute approximate surface area is 102 Å². The van der Waals surface area contributed by atoms with Crippen LogP contribution in [-0.2, 0) is 10.2 Å². The summed E-state index contributed by atoms with van der Waals surface area (Å²) in [4.78, 5) is 11.1. The molecule has 2 N–H and O–H groups in total. The fourth-order valence-corrected chi connectivity index (χ4v) is 1.86. The van der Waals surface area contributed by atoms with E-state index in [1.807, 2.05) is 20.8 Å². The van der Waals surface area contributed by atoms with Crippen LogP contribution in [0.1, 0.15) is 50.3 Å². The summed E-state index contributed by atoms with van der Waals surface area (Å²) in [7, 11) is 0. The summed E-state index contributed by atoms with van der Waals surface area (Å²) in [6.07, 6.45) is 0. The third-order valence-electron chi connectivity index (χ3n) is 3.01. The van der Waals surface area contributed by atoms with E-state index in [1.165, 1.54) is 0 Å². The molecule has 0 heterocycles. The van der Waals surface area contributed by atoms with Crippen LogP contribution in [0.25, 0.3) is 0 Å². The second-order valence-electron chi connectivity index (χ2n) is 5.54. The molecule has 0 spiro atoms. The average molecular weight is 236 g/mol. The maximum absolute atomic E-state index is 11.1. The normalized spacial score (nSPS) is 13.5. The van der Waals surface area contributed by atoms with Gasteiger partial charge in [0.1, 0.15) is 5.75 Å². The predicted molar refractivity (Wildman–Crippen MR) is 67.6 cm³/mol. The summed E-state index contributed by atoms with van der Waals surface area (Å²) in [5, 5.41) is 18.9. The molecular formula is C14H20O3. The average Bonchev–Trinajstić information content (AvgIpc) is 2.18. The van der Waals surface area contributed by atoms with Crippen molar-refractivity contribution in [1.29, 1.82) is 0 Å². The zero-order valence-corrected chi connectivity index (χ0v) is 11.0. The van der Waals surface area contributed by atoms with Crippen molar-refractivity contribution in [2.45, 2.75) is 46.0 Å². The molecule has 1 aromatic carbocycles. The molecule has 0 amide bonds. The first-order chi connectivity index (χ1) is 7.64. The van der Waals surface area contributed by atoms with Crippen LogP contribution in [-0.4, -0.2) is 16.2 Å². The van der Waals surface area contributed by atoms with E-state index >= 15 is 0 Å². The quantitative estimate of drug-likeness (QED) is 0.829. The fraction of sp³-hybridized carbons (Fsp3) is 0.500. The molecule has 0 saturated heterocycles. The zero-order valence-electron chi connectivity index (χ0n) is 11.0. The Balaban J connectivity index is 3.46. The second-order valence-corrected chi connectivity index (χ2v) is 5.54. The minimum absolute atomic E-state index is 0.190. The predicted octanol–water partition coefficient (Wildman–Crippen LogP) is 3.19. The van der Waals surface area contributed by atoms with Gasteiger partial charge in [-0.15, -0.1) is 0 Å². The molecule has 3 nitrogen and oxygen atoms in total. The highest BCUT2D eigenvalue weighted by molar-refractivity contribution is 5.76. The van der Waals surface area contributed by atoms with Crippen molar-refractivity contribution in [2.75, 3.05) is 0 Å². The van der Waals surface area contributed by atoms with E-state index in [0.717, 1.165) is 11.1 Å². The number of carbonyl (C=O) groups is 1. The molecule has 0 aliphatic heterocycles. The van der Waals surface area contributed by atoms with Crippen molar-refractivity contribution in [3.05, 3.63) is 28.8 Å². The summed E-state index contributed by atoms with van der Waals surface area (Å²) in [6.45, 7) is 9.47. The lowest BCUT2D eigenvalue weighted by Crippen LogP contribution is -2.18. The number of carboxylic acid groups (broad SMARTS) is 1. The van der Waals surface area contributed by atoms with Crippen molar-refractivity contribution < 1.29 is 15.0 Å². The Hall–Kier alpha value is -1.51. The van der Waals surface area contributed by atoms with Gasteiger partial charge < -0.3 is 10.2 Å². The highest BCUT2D eigenvalue weighted by Crippen LogP contribution is 2.35. The Kier molecular flexibility index (Phi) is 3.51. The van der Waals surface area contributed by atoms with Gasteiger partial charge in [-0.25, -0.2) is 0 Å². The van der Waals surface area contributed by atoms with Crippen molar-refractivity contribution in [1.82, 2.24) is 0 Å². The van der Waals surface area contributed by atoms with Crippen LogP contribution in [0.4, 0.5) is 0 Å². The van der Waals surface area contributed by atoms with Crippen LogP contribution in [0.2, 0.25) is 0 Å². The molecular weight excluding hydrogens is 216 g/mol. The third kappa shape index (κ3) is 2.78. The number of carboxylic acids is 1. The lowest BCUT2D eigenvalue weighted by Gasteiger charge is -2.25. The molecule has 0 bridgehead atoms. The molecule has 0 saturated carbocycles. The number of aryl methyl sites for hydroxylation is 1. The summed E-state index contributed by atoms with van der Waals surface area (Å²) in [6, 6.07) is 3.46. The molecule has 17 heavy (non-hydrogen) atoms. The molecule has 94 valence electrons. The zero-order chi connectivity index (χ0) is 13.4. The minimum Gasteiger partial charge on any atom is -0.508 e. The van der Waals surface area contributed by atoms with Crippen molar-refractivity contribution in [3.8, 4) is 5.75 Å². The Bertz CT molecular complexity index is 442. The minimum atomic E-state index is -0.847. The lowest BCUT2D eigenvalue weighted by molar-refractivity contribution is -0.138. The molecule has 1 atom stereocenters. The third-order valence-corrected chi connectivity index (χ3v) is 3.01. The molecule has 1 rings (SSSR count). The SMILES string of the molecule is Cc1cc(C(C)C(=O)O)c(C(C)(C)C)cc1O. The van der Waals surface area contributed by atoms with Crippen LogP contribution in [0, 0.1) is 6.92 Å². The van der Waals surface area contributed by atoms with Gasteiger partial charge in [-0.2, -0.15) is 0 Å². The van der Waals surface area contributed by atoms with E-state index in [9.17, 15) is 9.90 Å². The molecule has 0 aliphatic carbocycles. The van der Waals surface area contributed by atoms with Gasteiger partial charge in [-0.1, -0.05) is 26.8 Å². The van der Waals surface area contributed by atoms with E-state index in [0.29, 0.717) is 5.56 Å².